The van der Waals surface area contributed by atoms with Crippen LogP contribution in [-0.2, 0) is 6.54 Å². The lowest BCUT2D eigenvalue weighted by atomic mass is 10.1. The fourth-order valence-electron chi connectivity index (χ4n) is 2.54. The van der Waals surface area contributed by atoms with E-state index in [2.05, 4.69) is 9.88 Å². The highest BCUT2D eigenvalue weighted by molar-refractivity contribution is 5.05. The molecule has 0 spiro atoms. The molecule has 1 aromatic rings. The summed E-state index contributed by atoms with van der Waals surface area (Å²) < 4.78 is 5.63. The Morgan fingerprint density at radius 1 is 1.47 bits per heavy atom. The van der Waals surface area contributed by atoms with Gasteiger partial charge in [0.2, 0.25) is 5.89 Å². The molecule has 1 aromatic heterocycles. The van der Waals surface area contributed by atoms with Crippen molar-refractivity contribution in [3.8, 4) is 0 Å². The van der Waals surface area contributed by atoms with Gasteiger partial charge < -0.3 is 9.52 Å². The van der Waals surface area contributed by atoms with E-state index in [0.29, 0.717) is 12.6 Å². The normalized spacial score (nSPS) is 21.2. The van der Waals surface area contributed by atoms with Crippen molar-refractivity contribution in [3.63, 3.8) is 0 Å². The molecule has 0 radical (unpaired) electrons. The number of hydrogen-bond acceptors (Lipinski definition) is 4. The van der Waals surface area contributed by atoms with E-state index in [-0.39, 0.29) is 0 Å². The summed E-state index contributed by atoms with van der Waals surface area (Å²) in [6.07, 6.45) is 4.45. The molecular weight excluding hydrogens is 216 g/mol. The van der Waals surface area contributed by atoms with Gasteiger partial charge in [-0.25, -0.2) is 4.98 Å². The first-order valence-corrected chi connectivity index (χ1v) is 6.48. The van der Waals surface area contributed by atoms with Gasteiger partial charge in [-0.3, -0.25) is 4.90 Å². The quantitative estimate of drug-likeness (QED) is 0.852. The van der Waals surface area contributed by atoms with Crippen LogP contribution in [0.2, 0.25) is 0 Å². The second-order valence-electron chi connectivity index (χ2n) is 4.88. The lowest BCUT2D eigenvalue weighted by Gasteiger charge is -2.22. The molecule has 1 aliphatic heterocycles. The van der Waals surface area contributed by atoms with Crippen molar-refractivity contribution >= 4 is 0 Å². The van der Waals surface area contributed by atoms with Crippen LogP contribution >= 0.6 is 0 Å². The number of aryl methyl sites for hydroxylation is 2. The number of aromatic nitrogens is 1. The van der Waals surface area contributed by atoms with E-state index >= 15 is 0 Å². The summed E-state index contributed by atoms with van der Waals surface area (Å²) in [6, 6.07) is 0.592. The van der Waals surface area contributed by atoms with Crippen molar-refractivity contribution in [2.75, 3.05) is 13.2 Å². The number of hydrogen-bond donors (Lipinski definition) is 1. The van der Waals surface area contributed by atoms with E-state index in [9.17, 15) is 0 Å². The highest BCUT2D eigenvalue weighted by Gasteiger charge is 2.25. The highest BCUT2D eigenvalue weighted by atomic mass is 16.4. The van der Waals surface area contributed by atoms with E-state index in [4.69, 9.17) is 9.52 Å². The molecule has 1 saturated heterocycles. The minimum atomic E-state index is 0.293. The number of likely N-dealkylation sites (tertiary alicyclic amines) is 1. The first-order chi connectivity index (χ1) is 8.20. The standard InChI is InChI=1S/C13H22N2O2/c1-10-11(2)17-13(14-10)9-15-7-3-5-12(15)6-4-8-16/h12,16H,3-9H2,1-2H3. The molecule has 4 heteroatoms. The summed E-state index contributed by atoms with van der Waals surface area (Å²) in [5, 5.41) is 8.89. The van der Waals surface area contributed by atoms with Crippen LogP contribution in [0, 0.1) is 13.8 Å². The fourth-order valence-corrected chi connectivity index (χ4v) is 2.54. The summed E-state index contributed by atoms with van der Waals surface area (Å²) in [5.41, 5.74) is 0.992. The third-order valence-corrected chi connectivity index (χ3v) is 3.61. The van der Waals surface area contributed by atoms with Crippen molar-refractivity contribution in [3.05, 3.63) is 17.3 Å². The zero-order valence-corrected chi connectivity index (χ0v) is 10.8. The number of nitrogens with zero attached hydrogens (tertiary/aromatic N) is 2. The molecule has 1 unspecified atom stereocenters. The van der Waals surface area contributed by atoms with E-state index in [1.54, 1.807) is 0 Å². The van der Waals surface area contributed by atoms with Crippen LogP contribution in [0.25, 0.3) is 0 Å². The van der Waals surface area contributed by atoms with Gasteiger partial charge in [-0.2, -0.15) is 0 Å². The lowest BCUT2D eigenvalue weighted by Crippen LogP contribution is -2.29. The Labute approximate surface area is 103 Å². The minimum absolute atomic E-state index is 0.293. The predicted molar refractivity (Wildman–Crippen MR) is 65.7 cm³/mol. The minimum Gasteiger partial charge on any atom is -0.444 e. The smallest absolute Gasteiger partial charge is 0.208 e. The van der Waals surface area contributed by atoms with Crippen molar-refractivity contribution in [1.29, 1.82) is 0 Å². The average molecular weight is 238 g/mol. The Kier molecular flexibility index (Phi) is 4.18. The van der Waals surface area contributed by atoms with Crippen molar-refractivity contribution in [2.45, 2.75) is 52.1 Å². The van der Waals surface area contributed by atoms with E-state index in [1.165, 1.54) is 12.8 Å². The van der Waals surface area contributed by atoms with Crippen LogP contribution in [0.5, 0.6) is 0 Å². The number of aliphatic hydroxyl groups is 1. The maximum absolute atomic E-state index is 8.89. The Balaban J connectivity index is 1.93. The number of oxazole rings is 1. The van der Waals surface area contributed by atoms with Gasteiger partial charge in [0.1, 0.15) is 5.76 Å². The summed E-state index contributed by atoms with van der Waals surface area (Å²) in [5.74, 6) is 1.75. The molecule has 0 aromatic carbocycles. The molecule has 0 aliphatic carbocycles. The van der Waals surface area contributed by atoms with Crippen LogP contribution in [0.15, 0.2) is 4.42 Å². The molecule has 1 fully saturated rings. The summed E-state index contributed by atoms with van der Waals surface area (Å²) in [7, 11) is 0. The van der Waals surface area contributed by atoms with Gasteiger partial charge in [-0.1, -0.05) is 0 Å². The van der Waals surface area contributed by atoms with E-state index in [1.807, 2.05) is 13.8 Å². The lowest BCUT2D eigenvalue weighted by molar-refractivity contribution is 0.194. The summed E-state index contributed by atoms with van der Waals surface area (Å²) in [4.78, 5) is 6.86. The molecule has 2 heterocycles. The van der Waals surface area contributed by atoms with Gasteiger partial charge in [0.15, 0.2) is 0 Å². The average Bonchev–Trinajstić information content (AvgIpc) is 2.85. The third-order valence-electron chi connectivity index (χ3n) is 3.61. The van der Waals surface area contributed by atoms with E-state index < -0.39 is 0 Å². The SMILES string of the molecule is Cc1nc(CN2CCCC2CCCO)oc1C. The molecule has 1 atom stereocenters. The first-order valence-electron chi connectivity index (χ1n) is 6.48. The Hall–Kier alpha value is -0.870. The van der Waals surface area contributed by atoms with Gasteiger partial charge in [0, 0.05) is 12.6 Å². The number of rotatable bonds is 5. The van der Waals surface area contributed by atoms with Crippen LogP contribution in [0.4, 0.5) is 0 Å². The van der Waals surface area contributed by atoms with Crippen LogP contribution in [0.1, 0.15) is 43.0 Å². The monoisotopic (exact) mass is 238 g/mol. The topological polar surface area (TPSA) is 49.5 Å². The molecule has 96 valence electrons. The molecule has 17 heavy (non-hydrogen) atoms. The molecule has 1 N–H and O–H groups in total. The van der Waals surface area contributed by atoms with Gasteiger partial charge >= 0.3 is 0 Å². The van der Waals surface area contributed by atoms with Gasteiger partial charge in [-0.05, 0) is 46.1 Å². The van der Waals surface area contributed by atoms with Gasteiger partial charge in [0.05, 0.1) is 12.2 Å². The highest BCUT2D eigenvalue weighted by Crippen LogP contribution is 2.23. The fraction of sp³-hybridized carbons (Fsp3) is 0.769. The van der Waals surface area contributed by atoms with Crippen molar-refractivity contribution in [2.24, 2.45) is 0 Å². The maximum Gasteiger partial charge on any atom is 0.208 e. The molecule has 4 nitrogen and oxygen atoms in total. The molecule has 1 aliphatic rings. The zero-order chi connectivity index (χ0) is 12.3. The summed E-state index contributed by atoms with van der Waals surface area (Å²) >= 11 is 0. The third kappa shape index (κ3) is 3.07. The maximum atomic E-state index is 8.89. The Morgan fingerprint density at radius 2 is 2.29 bits per heavy atom. The molecule has 0 amide bonds. The largest absolute Gasteiger partial charge is 0.444 e. The van der Waals surface area contributed by atoms with Crippen LogP contribution < -0.4 is 0 Å². The summed E-state index contributed by atoms with van der Waals surface area (Å²) in [6.45, 7) is 6.16. The predicted octanol–water partition coefficient (Wildman–Crippen LogP) is 2.03. The second-order valence-corrected chi connectivity index (χ2v) is 4.88. The van der Waals surface area contributed by atoms with Crippen LogP contribution in [-0.4, -0.2) is 34.2 Å². The van der Waals surface area contributed by atoms with Crippen molar-refractivity contribution < 1.29 is 9.52 Å². The zero-order valence-electron chi connectivity index (χ0n) is 10.8. The molecule has 0 bridgehead atoms. The Bertz CT molecular complexity index is 343. The second kappa shape index (κ2) is 5.65. The Morgan fingerprint density at radius 3 is 2.94 bits per heavy atom. The van der Waals surface area contributed by atoms with E-state index in [0.717, 1.165) is 43.3 Å². The molecular formula is C13H22N2O2. The molecule has 2 rings (SSSR count). The first kappa shape index (κ1) is 12.6. The van der Waals surface area contributed by atoms with Gasteiger partial charge in [-0.15, -0.1) is 0 Å². The molecule has 0 saturated carbocycles. The van der Waals surface area contributed by atoms with Crippen LogP contribution in [0.3, 0.4) is 0 Å². The van der Waals surface area contributed by atoms with Crippen molar-refractivity contribution in [1.82, 2.24) is 9.88 Å². The number of aliphatic hydroxyl groups excluding tert-OH is 1. The van der Waals surface area contributed by atoms with Gasteiger partial charge in [0.25, 0.3) is 0 Å².